The molecule has 0 spiro atoms. The van der Waals surface area contributed by atoms with Crippen LogP contribution in [0.25, 0.3) is 38.0 Å². The van der Waals surface area contributed by atoms with E-state index in [4.69, 9.17) is 14.2 Å². The number of nitrogens with zero attached hydrogens (tertiary/aromatic N) is 2. The van der Waals surface area contributed by atoms with Crippen LogP contribution in [-0.4, -0.2) is 95.5 Å². The average Bonchev–Trinajstić information content (AvgIpc) is 3.59. The number of carboxylic acids is 1. The Hall–Kier alpha value is -5.58. The van der Waals surface area contributed by atoms with E-state index in [1.807, 2.05) is 17.0 Å². The van der Waals surface area contributed by atoms with Crippen molar-refractivity contribution in [2.45, 2.75) is 36.1 Å². The Bertz CT molecular complexity index is 2670. The summed E-state index contributed by atoms with van der Waals surface area (Å²) in [5.74, 6) is -1.08. The number of rotatable bonds is 6. The zero-order chi connectivity index (χ0) is 40.5. The highest BCUT2D eigenvalue weighted by atomic mass is 32.2. The van der Waals surface area contributed by atoms with Gasteiger partial charge in [-0.15, -0.1) is 0 Å². The monoisotopic (exact) mass is 799 g/mol. The first-order valence-electron chi connectivity index (χ1n) is 17.8. The molecule has 0 radical (unpaired) electrons. The van der Waals surface area contributed by atoms with E-state index in [9.17, 15) is 31.5 Å². The van der Waals surface area contributed by atoms with E-state index in [-0.39, 0.29) is 33.9 Å². The van der Waals surface area contributed by atoms with Gasteiger partial charge in [-0.1, -0.05) is 72.8 Å². The molecule has 8 rings (SSSR count). The molecule has 1 amide bonds. The van der Waals surface area contributed by atoms with Crippen LogP contribution >= 0.6 is 0 Å². The minimum absolute atomic E-state index is 0.0233. The van der Waals surface area contributed by atoms with Gasteiger partial charge >= 0.3 is 5.97 Å². The fourth-order valence-electron chi connectivity index (χ4n) is 7.51. The third kappa shape index (κ3) is 7.90. The van der Waals surface area contributed by atoms with E-state index in [0.717, 1.165) is 43.6 Å². The maximum Gasteiger partial charge on any atom is 0.339 e. The molecule has 0 saturated carbocycles. The molecule has 0 unspecified atom stereocenters. The molecule has 5 aromatic carbocycles. The van der Waals surface area contributed by atoms with E-state index < -0.39 is 36.0 Å². The predicted molar refractivity (Wildman–Crippen MR) is 214 cm³/mol. The van der Waals surface area contributed by atoms with Gasteiger partial charge in [-0.25, -0.2) is 4.79 Å². The van der Waals surface area contributed by atoms with Gasteiger partial charge in [0.25, 0.3) is 20.2 Å². The third-order valence-corrected chi connectivity index (χ3v) is 12.0. The molecule has 2 atom stereocenters. The maximum atomic E-state index is 12.9. The number of aromatic nitrogens is 1. The van der Waals surface area contributed by atoms with Crippen molar-refractivity contribution < 1.29 is 45.7 Å². The molecule has 2 heterocycles. The molecule has 1 aliphatic heterocycles. The number of hydrogen-bond acceptors (Lipinski definition) is 8. The molecule has 56 heavy (non-hydrogen) atoms. The van der Waals surface area contributed by atoms with Crippen molar-refractivity contribution in [3.8, 4) is 5.75 Å². The van der Waals surface area contributed by atoms with Crippen LogP contribution in [0.1, 0.15) is 35.3 Å². The number of amides is 1. The molecule has 0 bridgehead atoms. The molecule has 1 aromatic heterocycles. The zero-order valence-corrected chi connectivity index (χ0v) is 32.4. The van der Waals surface area contributed by atoms with Crippen LogP contribution in [0, 0.1) is 5.92 Å². The highest BCUT2D eigenvalue weighted by Gasteiger charge is 2.36. The number of hydrogen-bond donors (Lipinski definition) is 5. The largest absolute Gasteiger partial charge is 0.506 e. The molecule has 0 fully saturated rings. The van der Waals surface area contributed by atoms with Crippen molar-refractivity contribution in [3.05, 3.63) is 120 Å². The number of aromatic carboxylic acids is 1. The Morgan fingerprint density at radius 1 is 0.804 bits per heavy atom. The van der Waals surface area contributed by atoms with Crippen molar-refractivity contribution >= 4 is 70.1 Å². The standard InChI is InChI=1S/C20H25N3O.C11H8O3.C10H8O6S2/c1-4-23(5-2)20(24)14-9-16-15-7-6-8-17-19(15)13(11-21-17)10-18(16)22(3)12-14;12-10-8-4-2-1-3-7(8)5-6-9(10)11(13)14;11-17(12,13)9-5-1-3-7-8(9)4-2-6-10(7)18(14,15)16/h6-9,11,14,18,21H,4-5,10,12H2,1-3H3;1-6,12H,(H,13,14);1-6H,(H,11,12,13)(H,14,15,16)/t14-,18-;;/m1../s1. The molecule has 1 aliphatic carbocycles. The minimum atomic E-state index is -4.47. The summed E-state index contributed by atoms with van der Waals surface area (Å²) in [6.07, 6.45) is 5.41. The number of aromatic amines is 1. The molecule has 0 saturated heterocycles. The highest BCUT2D eigenvalue weighted by molar-refractivity contribution is 7.86. The number of H-pyrrole nitrogens is 1. The van der Waals surface area contributed by atoms with Crippen molar-refractivity contribution in [1.29, 1.82) is 0 Å². The summed E-state index contributed by atoms with van der Waals surface area (Å²) in [4.78, 5) is 30.4. The number of aromatic hydroxyl groups is 1. The molecule has 6 aromatic rings. The summed E-state index contributed by atoms with van der Waals surface area (Å²) in [5.41, 5.74) is 5.14. The first-order valence-corrected chi connectivity index (χ1v) is 20.6. The third-order valence-electron chi connectivity index (χ3n) is 10.2. The quantitative estimate of drug-likeness (QED) is 0.115. The summed E-state index contributed by atoms with van der Waals surface area (Å²) in [6, 6.07) is 24.5. The maximum absolute atomic E-state index is 12.9. The summed E-state index contributed by atoms with van der Waals surface area (Å²) < 4.78 is 62.7. The lowest BCUT2D eigenvalue weighted by Crippen LogP contribution is -2.47. The summed E-state index contributed by atoms with van der Waals surface area (Å²) >= 11 is 0. The molecule has 15 heteroatoms. The first-order chi connectivity index (χ1) is 26.5. The number of phenols is 1. The van der Waals surface area contributed by atoms with Gasteiger partial charge in [0, 0.05) is 58.9 Å². The number of carboxylic acid groups (broad SMARTS) is 1. The highest BCUT2D eigenvalue weighted by Crippen LogP contribution is 2.41. The van der Waals surface area contributed by atoms with Crippen molar-refractivity contribution in [2.24, 2.45) is 5.92 Å². The van der Waals surface area contributed by atoms with Gasteiger partial charge in [0.15, 0.2) is 0 Å². The SMILES string of the molecule is CCN(CC)C(=O)[C@@H]1C=C2c3cccc4[nH]cc(c34)C[C@H]2N(C)C1.O=C(O)c1ccc2ccccc2c1O.O=S(=O)(O)c1cccc2c(S(=O)(=O)O)cccc12. The molecule has 292 valence electrons. The van der Waals surface area contributed by atoms with Gasteiger partial charge in [0.05, 0.1) is 5.92 Å². The van der Waals surface area contributed by atoms with E-state index in [1.54, 1.807) is 18.2 Å². The normalized spacial score (nSPS) is 16.6. The lowest BCUT2D eigenvalue weighted by Gasteiger charge is -2.40. The van der Waals surface area contributed by atoms with E-state index in [0.29, 0.717) is 11.4 Å². The summed E-state index contributed by atoms with van der Waals surface area (Å²) in [6.45, 7) is 6.47. The molecule has 13 nitrogen and oxygen atoms in total. The fraction of sp³-hybridized carbons (Fsp3) is 0.220. The molecular formula is C41H41N3O10S2. The van der Waals surface area contributed by atoms with Crippen LogP contribution in [0.4, 0.5) is 0 Å². The molecule has 2 aliphatic rings. The Kier molecular flexibility index (Phi) is 11.4. The van der Waals surface area contributed by atoms with E-state index >= 15 is 0 Å². The van der Waals surface area contributed by atoms with Crippen LogP contribution in [0.2, 0.25) is 0 Å². The second kappa shape index (κ2) is 15.9. The lowest BCUT2D eigenvalue weighted by molar-refractivity contribution is -0.134. The van der Waals surface area contributed by atoms with Crippen LogP contribution in [-0.2, 0) is 31.5 Å². The molecular weight excluding hydrogens is 759 g/mol. The van der Waals surface area contributed by atoms with Crippen LogP contribution < -0.4 is 0 Å². The Balaban J connectivity index is 0.000000148. The van der Waals surface area contributed by atoms with Gasteiger partial charge in [-0.3, -0.25) is 18.8 Å². The number of benzene rings is 5. The van der Waals surface area contributed by atoms with Gasteiger partial charge in [0.2, 0.25) is 5.91 Å². The number of carbonyl (C=O) groups excluding carboxylic acids is 1. The Morgan fingerprint density at radius 3 is 1.98 bits per heavy atom. The van der Waals surface area contributed by atoms with Gasteiger partial charge < -0.3 is 20.1 Å². The van der Waals surface area contributed by atoms with Crippen LogP contribution in [0.15, 0.2) is 113 Å². The van der Waals surface area contributed by atoms with Gasteiger partial charge in [-0.05, 0) is 73.7 Å². The first kappa shape index (κ1) is 40.1. The Morgan fingerprint density at radius 2 is 1.39 bits per heavy atom. The number of nitrogens with one attached hydrogen (secondary N) is 1. The minimum Gasteiger partial charge on any atom is -0.506 e. The second-order valence-corrected chi connectivity index (χ2v) is 16.3. The summed E-state index contributed by atoms with van der Waals surface area (Å²) in [7, 11) is -6.79. The smallest absolute Gasteiger partial charge is 0.339 e. The topological polar surface area (TPSA) is 206 Å². The fourth-order valence-corrected chi connectivity index (χ4v) is 8.92. The molecule has 5 N–H and O–H groups in total. The van der Waals surface area contributed by atoms with Crippen LogP contribution in [0.5, 0.6) is 5.75 Å². The van der Waals surface area contributed by atoms with Crippen LogP contribution in [0.3, 0.4) is 0 Å². The summed E-state index contributed by atoms with van der Waals surface area (Å²) in [5, 5.41) is 21.2. The van der Waals surface area contributed by atoms with Gasteiger partial charge in [0.1, 0.15) is 21.1 Å². The van der Waals surface area contributed by atoms with Crippen molar-refractivity contribution in [3.63, 3.8) is 0 Å². The number of likely N-dealkylation sites (N-methyl/N-ethyl adjacent to an activating group) is 1. The Labute approximate surface area is 324 Å². The lowest BCUT2D eigenvalue weighted by atomic mass is 9.79. The number of carbonyl (C=O) groups is 2. The zero-order valence-electron chi connectivity index (χ0n) is 30.7. The average molecular weight is 800 g/mol. The van der Waals surface area contributed by atoms with Crippen molar-refractivity contribution in [1.82, 2.24) is 14.8 Å². The van der Waals surface area contributed by atoms with E-state index in [2.05, 4.69) is 61.3 Å². The van der Waals surface area contributed by atoms with Gasteiger partial charge in [-0.2, -0.15) is 16.8 Å². The predicted octanol–water partition coefficient (Wildman–Crippen LogP) is 6.48. The van der Waals surface area contributed by atoms with E-state index in [1.165, 1.54) is 57.9 Å². The number of fused-ring (bicyclic) bond motifs is 4. The second-order valence-electron chi connectivity index (χ2n) is 13.5. The van der Waals surface area contributed by atoms with Crippen molar-refractivity contribution in [2.75, 3.05) is 26.7 Å².